The van der Waals surface area contributed by atoms with E-state index in [0.29, 0.717) is 11.8 Å². The van der Waals surface area contributed by atoms with Gasteiger partial charge in [-0.25, -0.2) is 0 Å². The summed E-state index contributed by atoms with van der Waals surface area (Å²) in [5.74, 6) is 2.83. The minimum absolute atomic E-state index is 0. The van der Waals surface area contributed by atoms with Crippen molar-refractivity contribution in [2.45, 2.75) is 19.8 Å². The van der Waals surface area contributed by atoms with Crippen molar-refractivity contribution in [2.24, 2.45) is 11.8 Å². The van der Waals surface area contributed by atoms with Gasteiger partial charge in [0.05, 0.1) is 0 Å². The molecule has 1 saturated carbocycles. The Hall–Kier alpha value is -1.12. The molecule has 0 aromatic heterocycles. The number of nitrogens with zero attached hydrogens (tertiary/aromatic N) is 3. The van der Waals surface area contributed by atoms with Crippen molar-refractivity contribution in [1.82, 2.24) is 0 Å². The molecule has 2 aromatic rings. The Kier molecular flexibility index (Phi) is 11.6. The molecule has 2 unspecified atom stereocenters. The summed E-state index contributed by atoms with van der Waals surface area (Å²) in [5.41, 5.74) is 2.18. The molecule has 136 valence electrons. The quantitative estimate of drug-likeness (QED) is 0.465. The minimum Gasteiger partial charge on any atom is -0.686 e. The van der Waals surface area contributed by atoms with Gasteiger partial charge in [0.15, 0.2) is 0 Å². The van der Waals surface area contributed by atoms with Crippen molar-refractivity contribution in [3.8, 4) is 0 Å². The third kappa shape index (κ3) is 7.64. The van der Waals surface area contributed by atoms with E-state index in [1.807, 2.05) is 36.4 Å². The first-order valence-corrected chi connectivity index (χ1v) is 9.01. The van der Waals surface area contributed by atoms with Gasteiger partial charge in [-0.15, -0.1) is 11.4 Å². The fraction of sp³-hybridized carbons (Fsp3) is 0.409. The van der Waals surface area contributed by atoms with Gasteiger partial charge in [-0.3, -0.25) is 0 Å². The molecule has 0 N–H and O–H groups in total. The van der Waals surface area contributed by atoms with Gasteiger partial charge < -0.3 is 21.9 Å². The van der Waals surface area contributed by atoms with E-state index >= 15 is 0 Å². The molecule has 4 heteroatoms. The molecule has 0 aliphatic heterocycles. The van der Waals surface area contributed by atoms with Crippen LogP contribution in [0, 0.1) is 17.8 Å². The molecular formula is C22H29N3Zr. The number of hydrogen-bond acceptors (Lipinski definition) is 0. The number of benzene rings is 2. The van der Waals surface area contributed by atoms with Crippen LogP contribution in [-0.2, 0) is 26.2 Å². The molecule has 0 radical (unpaired) electrons. The van der Waals surface area contributed by atoms with E-state index in [4.69, 9.17) is 10.6 Å². The Bertz CT molecular complexity index is 525. The van der Waals surface area contributed by atoms with Gasteiger partial charge in [0.25, 0.3) is 0 Å². The molecule has 2 atom stereocenters. The van der Waals surface area contributed by atoms with Crippen LogP contribution in [0.1, 0.15) is 19.8 Å². The van der Waals surface area contributed by atoms with Gasteiger partial charge in [-0.1, -0.05) is 73.5 Å². The van der Waals surface area contributed by atoms with Crippen LogP contribution in [0.25, 0.3) is 16.0 Å². The van der Waals surface area contributed by atoms with Crippen LogP contribution >= 0.6 is 0 Å². The normalized spacial score (nSPS) is 19.0. The third-order valence-electron chi connectivity index (χ3n) is 4.65. The average molecular weight is 427 g/mol. The van der Waals surface area contributed by atoms with E-state index in [2.05, 4.69) is 36.5 Å². The summed E-state index contributed by atoms with van der Waals surface area (Å²) in [7, 11) is 3.50. The van der Waals surface area contributed by atoms with Crippen molar-refractivity contribution < 1.29 is 26.2 Å². The van der Waals surface area contributed by atoms with Gasteiger partial charge in [0.2, 0.25) is 0 Å². The first-order chi connectivity index (χ1) is 12.2. The molecule has 1 aliphatic carbocycles. The van der Waals surface area contributed by atoms with Gasteiger partial charge >= 0.3 is 26.2 Å². The van der Waals surface area contributed by atoms with Gasteiger partial charge in [-0.2, -0.15) is 45.9 Å². The topological polar surface area (TPSA) is 42.3 Å². The monoisotopic (exact) mass is 425 g/mol. The van der Waals surface area contributed by atoms with Crippen LogP contribution in [0.3, 0.4) is 0 Å². The van der Waals surface area contributed by atoms with E-state index in [9.17, 15) is 0 Å². The zero-order valence-electron chi connectivity index (χ0n) is 16.1. The number of rotatable bonds is 6. The fourth-order valence-corrected chi connectivity index (χ4v) is 3.16. The van der Waals surface area contributed by atoms with Crippen LogP contribution in [0.5, 0.6) is 0 Å². The summed E-state index contributed by atoms with van der Waals surface area (Å²) in [6, 6.07) is 20.6. The SMILES string of the molecule is C[C-]1C(C[N-]c2ccccc2)CCC1C[N-]c1ccccc1.C[N-]C.[Zr+4]. The summed E-state index contributed by atoms with van der Waals surface area (Å²) in [6.45, 7) is 4.12. The maximum absolute atomic E-state index is 4.74. The average Bonchev–Trinajstić information content (AvgIpc) is 3.00. The molecular weight excluding hydrogens is 397 g/mol. The predicted octanol–water partition coefficient (Wildman–Crippen LogP) is 6.63. The molecule has 0 heterocycles. The maximum atomic E-state index is 4.74. The number of para-hydroxylation sites is 2. The smallest absolute Gasteiger partial charge is 0.686 e. The van der Waals surface area contributed by atoms with Gasteiger partial charge in [-0.05, 0) is 0 Å². The van der Waals surface area contributed by atoms with Crippen LogP contribution in [-0.4, -0.2) is 27.2 Å². The van der Waals surface area contributed by atoms with E-state index in [1.165, 1.54) is 12.8 Å². The largest absolute Gasteiger partial charge is 4.00 e. The maximum Gasteiger partial charge on any atom is 4.00 e. The Morgan fingerprint density at radius 1 is 0.769 bits per heavy atom. The minimum atomic E-state index is 0. The molecule has 26 heavy (non-hydrogen) atoms. The summed E-state index contributed by atoms with van der Waals surface area (Å²) in [5, 5.41) is 13.0. The molecule has 0 amide bonds. The second-order valence-corrected chi connectivity index (χ2v) is 6.51. The zero-order chi connectivity index (χ0) is 17.9. The zero-order valence-corrected chi connectivity index (χ0v) is 18.6. The van der Waals surface area contributed by atoms with Crippen molar-refractivity contribution in [1.29, 1.82) is 0 Å². The van der Waals surface area contributed by atoms with Crippen LogP contribution in [0.15, 0.2) is 60.7 Å². The predicted molar refractivity (Wildman–Crippen MR) is 109 cm³/mol. The van der Waals surface area contributed by atoms with Crippen LogP contribution < -0.4 is 0 Å². The standard InChI is InChI=1S/C20H23N2.C2H6N.Zr/c1-16-17(14-21-19-8-4-2-5-9-19)12-13-18(16)15-22-20-10-6-3-7-11-20;1-3-2;/h2-11,17-18H,12-15H2,1H3;1-2H3;/q-3;-1;+4. The van der Waals surface area contributed by atoms with Crippen molar-refractivity contribution in [3.05, 3.63) is 82.5 Å². The van der Waals surface area contributed by atoms with Gasteiger partial charge in [0.1, 0.15) is 0 Å². The first kappa shape index (κ1) is 22.9. The molecule has 0 spiro atoms. The first-order valence-electron chi connectivity index (χ1n) is 9.01. The second kappa shape index (κ2) is 13.1. The van der Waals surface area contributed by atoms with Crippen molar-refractivity contribution in [3.63, 3.8) is 0 Å². The van der Waals surface area contributed by atoms with E-state index in [0.717, 1.165) is 24.5 Å². The van der Waals surface area contributed by atoms with Crippen molar-refractivity contribution >= 4 is 11.4 Å². The van der Waals surface area contributed by atoms with Crippen LogP contribution in [0.4, 0.5) is 11.4 Å². The number of hydrogen-bond donors (Lipinski definition) is 0. The van der Waals surface area contributed by atoms with E-state index in [1.54, 1.807) is 20.0 Å². The molecule has 1 fully saturated rings. The molecule has 1 aliphatic rings. The van der Waals surface area contributed by atoms with E-state index in [-0.39, 0.29) is 26.2 Å². The summed E-state index contributed by atoms with van der Waals surface area (Å²) < 4.78 is 0. The summed E-state index contributed by atoms with van der Waals surface area (Å²) >= 11 is 0. The summed E-state index contributed by atoms with van der Waals surface area (Å²) in [4.78, 5) is 0. The molecule has 2 aromatic carbocycles. The molecule has 0 bridgehead atoms. The summed E-state index contributed by atoms with van der Waals surface area (Å²) in [6.07, 6.45) is 2.49. The van der Waals surface area contributed by atoms with Gasteiger partial charge in [0, 0.05) is 0 Å². The second-order valence-electron chi connectivity index (χ2n) is 6.51. The Labute approximate surface area is 178 Å². The fourth-order valence-electron chi connectivity index (χ4n) is 3.16. The van der Waals surface area contributed by atoms with E-state index < -0.39 is 0 Å². The Balaban J connectivity index is 0.000000791. The Morgan fingerprint density at radius 2 is 1.12 bits per heavy atom. The molecule has 3 rings (SSSR count). The molecule has 0 saturated heterocycles. The third-order valence-corrected chi connectivity index (χ3v) is 4.65. The Morgan fingerprint density at radius 3 is 1.46 bits per heavy atom. The van der Waals surface area contributed by atoms with Crippen LogP contribution in [0.2, 0.25) is 0 Å². The molecule has 3 nitrogen and oxygen atoms in total. The van der Waals surface area contributed by atoms with Crippen molar-refractivity contribution in [2.75, 3.05) is 27.2 Å².